The topological polar surface area (TPSA) is 51.8 Å². The van der Waals surface area contributed by atoms with E-state index >= 15 is 0 Å². The molecule has 1 atom stereocenters. The number of ether oxygens (including phenoxy) is 1. The molecule has 4 heteroatoms. The first-order chi connectivity index (χ1) is 9.29. The maximum Gasteiger partial charge on any atom is 0.330 e. The van der Waals surface area contributed by atoms with Crippen LogP contribution in [0.1, 0.15) is 11.3 Å². The Morgan fingerprint density at radius 2 is 2.11 bits per heavy atom. The number of furan rings is 1. The molecule has 0 spiro atoms. The fraction of sp³-hybridized carbons (Fsp3) is 0.200. The predicted octanol–water partition coefficient (Wildman–Crippen LogP) is 2.48. The lowest BCUT2D eigenvalue weighted by molar-refractivity contribution is -0.142. The summed E-state index contributed by atoms with van der Waals surface area (Å²) in [6.45, 7) is 0. The summed E-state index contributed by atoms with van der Waals surface area (Å²) in [6.07, 6.45) is 3.61. The first-order valence-corrected chi connectivity index (χ1v) is 5.98. The maximum atomic E-state index is 11.7. The smallest absolute Gasteiger partial charge is 0.330 e. The van der Waals surface area contributed by atoms with Crippen LogP contribution in [0.4, 0.5) is 0 Å². The number of rotatable bonds is 5. The lowest BCUT2D eigenvalue weighted by Gasteiger charge is -2.09. The van der Waals surface area contributed by atoms with Crippen LogP contribution in [0.15, 0.2) is 58.1 Å². The highest BCUT2D eigenvalue weighted by Gasteiger charge is 2.17. The minimum Gasteiger partial charge on any atom is -0.467 e. The number of carbonyl (C=O) groups is 1. The molecule has 2 aromatic rings. The van der Waals surface area contributed by atoms with Crippen LogP contribution in [0, 0.1) is 0 Å². The Labute approximate surface area is 111 Å². The predicted molar refractivity (Wildman–Crippen MR) is 72.3 cm³/mol. The molecule has 4 nitrogen and oxygen atoms in total. The number of esters is 1. The van der Waals surface area contributed by atoms with Crippen LogP contribution in [-0.4, -0.2) is 25.3 Å². The minimum absolute atomic E-state index is 0.355. The first kappa shape index (κ1) is 13.1. The standard InChI is InChI=1S/C15H15NO3/c1-18-15(17)14(10-12-6-3-2-4-7-12)16-11-13-8-5-9-19-13/h2-9,11,14H,10H2,1H3. The molecule has 1 aromatic heterocycles. The van der Waals surface area contributed by atoms with E-state index in [4.69, 9.17) is 9.15 Å². The number of benzene rings is 1. The van der Waals surface area contributed by atoms with Crippen molar-refractivity contribution in [3.8, 4) is 0 Å². The van der Waals surface area contributed by atoms with Gasteiger partial charge in [0.1, 0.15) is 5.76 Å². The van der Waals surface area contributed by atoms with Crippen LogP contribution in [0.25, 0.3) is 0 Å². The fourth-order valence-corrected chi connectivity index (χ4v) is 1.70. The van der Waals surface area contributed by atoms with Crippen molar-refractivity contribution in [3.05, 3.63) is 60.1 Å². The van der Waals surface area contributed by atoms with Gasteiger partial charge >= 0.3 is 5.97 Å². The van der Waals surface area contributed by atoms with E-state index in [0.29, 0.717) is 12.2 Å². The summed E-state index contributed by atoms with van der Waals surface area (Å²) in [7, 11) is 1.36. The summed E-state index contributed by atoms with van der Waals surface area (Å²) in [5, 5.41) is 0. The lowest BCUT2D eigenvalue weighted by Crippen LogP contribution is -2.23. The van der Waals surface area contributed by atoms with Gasteiger partial charge in [-0.2, -0.15) is 0 Å². The van der Waals surface area contributed by atoms with Gasteiger partial charge in [-0.1, -0.05) is 30.3 Å². The number of aliphatic imine (C=N–C) groups is 1. The molecule has 0 N–H and O–H groups in total. The van der Waals surface area contributed by atoms with Gasteiger partial charge in [0.25, 0.3) is 0 Å². The molecule has 0 saturated carbocycles. The molecule has 1 heterocycles. The van der Waals surface area contributed by atoms with Crippen molar-refractivity contribution >= 4 is 12.2 Å². The highest BCUT2D eigenvalue weighted by molar-refractivity contribution is 5.82. The van der Waals surface area contributed by atoms with Crippen molar-refractivity contribution < 1.29 is 13.9 Å². The maximum absolute atomic E-state index is 11.7. The van der Waals surface area contributed by atoms with Gasteiger partial charge in [0, 0.05) is 6.42 Å². The number of hydrogen-bond donors (Lipinski definition) is 0. The monoisotopic (exact) mass is 257 g/mol. The quantitative estimate of drug-likeness (QED) is 0.610. The van der Waals surface area contributed by atoms with Crippen molar-refractivity contribution in [2.75, 3.05) is 7.11 Å². The highest BCUT2D eigenvalue weighted by atomic mass is 16.5. The van der Waals surface area contributed by atoms with E-state index in [-0.39, 0.29) is 5.97 Å². The summed E-state index contributed by atoms with van der Waals surface area (Å²) in [6, 6.07) is 12.7. The van der Waals surface area contributed by atoms with Crippen molar-refractivity contribution in [1.29, 1.82) is 0 Å². The molecular weight excluding hydrogens is 242 g/mol. The second-order valence-corrected chi connectivity index (χ2v) is 4.02. The van der Waals surface area contributed by atoms with Crippen LogP contribution in [-0.2, 0) is 16.0 Å². The van der Waals surface area contributed by atoms with Gasteiger partial charge < -0.3 is 9.15 Å². The van der Waals surface area contributed by atoms with Crippen LogP contribution < -0.4 is 0 Å². The average Bonchev–Trinajstić information content (AvgIpc) is 2.97. The Bertz CT molecular complexity index is 532. The van der Waals surface area contributed by atoms with E-state index in [0.717, 1.165) is 5.56 Å². The number of carbonyl (C=O) groups excluding carboxylic acids is 1. The van der Waals surface area contributed by atoms with Gasteiger partial charge in [0.05, 0.1) is 19.6 Å². The molecule has 0 aliphatic rings. The molecule has 1 aromatic carbocycles. The van der Waals surface area contributed by atoms with Gasteiger partial charge in [-0.25, -0.2) is 4.79 Å². The summed E-state index contributed by atoms with van der Waals surface area (Å²) in [4.78, 5) is 15.9. The van der Waals surface area contributed by atoms with Gasteiger partial charge in [0.2, 0.25) is 0 Å². The summed E-state index contributed by atoms with van der Waals surface area (Å²) < 4.78 is 9.92. The molecule has 1 unspecified atom stereocenters. The van der Waals surface area contributed by atoms with Gasteiger partial charge in [-0.05, 0) is 17.7 Å². The van der Waals surface area contributed by atoms with E-state index < -0.39 is 6.04 Å². The average molecular weight is 257 g/mol. The van der Waals surface area contributed by atoms with E-state index in [2.05, 4.69) is 4.99 Å². The zero-order valence-electron chi connectivity index (χ0n) is 10.7. The third kappa shape index (κ3) is 3.81. The molecule has 0 bridgehead atoms. The third-order valence-corrected chi connectivity index (χ3v) is 2.67. The first-order valence-electron chi connectivity index (χ1n) is 5.98. The van der Waals surface area contributed by atoms with Crippen LogP contribution in [0.2, 0.25) is 0 Å². The Kier molecular flexibility index (Phi) is 4.50. The fourth-order valence-electron chi connectivity index (χ4n) is 1.70. The van der Waals surface area contributed by atoms with E-state index in [1.165, 1.54) is 7.11 Å². The Balaban J connectivity index is 2.10. The minimum atomic E-state index is -0.558. The van der Waals surface area contributed by atoms with Crippen molar-refractivity contribution in [2.45, 2.75) is 12.5 Å². The molecular formula is C15H15NO3. The molecule has 0 aliphatic carbocycles. The normalized spacial score (nSPS) is 12.5. The van der Waals surface area contributed by atoms with Crippen molar-refractivity contribution in [3.63, 3.8) is 0 Å². The SMILES string of the molecule is COC(=O)C(Cc1ccccc1)N=Cc1ccco1. The molecule has 0 saturated heterocycles. The van der Waals surface area contributed by atoms with Gasteiger partial charge in [-0.15, -0.1) is 0 Å². The van der Waals surface area contributed by atoms with Crippen LogP contribution >= 0.6 is 0 Å². The van der Waals surface area contributed by atoms with Gasteiger partial charge in [-0.3, -0.25) is 4.99 Å². The molecule has 0 aliphatic heterocycles. The summed E-state index contributed by atoms with van der Waals surface area (Å²) in [5.74, 6) is 0.258. The summed E-state index contributed by atoms with van der Waals surface area (Å²) >= 11 is 0. The second-order valence-electron chi connectivity index (χ2n) is 4.02. The molecule has 0 amide bonds. The Morgan fingerprint density at radius 3 is 2.74 bits per heavy atom. The Morgan fingerprint density at radius 1 is 1.32 bits per heavy atom. The number of hydrogen-bond acceptors (Lipinski definition) is 4. The zero-order chi connectivity index (χ0) is 13.5. The lowest BCUT2D eigenvalue weighted by atomic mass is 10.1. The second kappa shape index (κ2) is 6.54. The van der Waals surface area contributed by atoms with E-state index in [9.17, 15) is 4.79 Å². The summed E-state index contributed by atoms with van der Waals surface area (Å²) in [5.41, 5.74) is 1.04. The highest BCUT2D eigenvalue weighted by Crippen LogP contribution is 2.08. The number of methoxy groups -OCH3 is 1. The van der Waals surface area contributed by atoms with E-state index in [1.807, 2.05) is 30.3 Å². The molecule has 0 fully saturated rings. The van der Waals surface area contributed by atoms with E-state index in [1.54, 1.807) is 24.6 Å². The van der Waals surface area contributed by atoms with Crippen LogP contribution in [0.3, 0.4) is 0 Å². The zero-order valence-corrected chi connectivity index (χ0v) is 10.7. The molecule has 2 rings (SSSR count). The van der Waals surface area contributed by atoms with Crippen molar-refractivity contribution in [1.82, 2.24) is 0 Å². The molecule has 0 radical (unpaired) electrons. The third-order valence-electron chi connectivity index (χ3n) is 2.67. The van der Waals surface area contributed by atoms with Crippen molar-refractivity contribution in [2.24, 2.45) is 4.99 Å². The van der Waals surface area contributed by atoms with Crippen LogP contribution in [0.5, 0.6) is 0 Å². The molecule has 98 valence electrons. The number of nitrogens with zero attached hydrogens (tertiary/aromatic N) is 1. The molecule has 19 heavy (non-hydrogen) atoms. The van der Waals surface area contributed by atoms with Gasteiger partial charge in [0.15, 0.2) is 6.04 Å². The largest absolute Gasteiger partial charge is 0.467 e. The Hall–Kier alpha value is -2.36.